The Morgan fingerprint density at radius 2 is 2.11 bits per heavy atom. The third-order valence-electron chi connectivity index (χ3n) is 3.65. The summed E-state index contributed by atoms with van der Waals surface area (Å²) in [6.07, 6.45) is 0.327. The van der Waals surface area contributed by atoms with Crippen molar-refractivity contribution in [2.24, 2.45) is 5.41 Å². The Balaban J connectivity index is 2.48. The van der Waals surface area contributed by atoms with Gasteiger partial charge in [0.2, 0.25) is 5.91 Å². The zero-order valence-electron chi connectivity index (χ0n) is 11.3. The lowest BCUT2D eigenvalue weighted by Gasteiger charge is -2.50. The van der Waals surface area contributed by atoms with E-state index in [9.17, 15) is 14.7 Å². The van der Waals surface area contributed by atoms with Gasteiger partial charge < -0.3 is 20.5 Å². The molecule has 1 amide bonds. The van der Waals surface area contributed by atoms with E-state index in [1.165, 1.54) is 14.0 Å². The highest BCUT2D eigenvalue weighted by atomic mass is 16.5. The largest absolute Gasteiger partial charge is 0.467 e. The van der Waals surface area contributed by atoms with Gasteiger partial charge in [-0.25, -0.2) is 4.79 Å². The molecule has 0 aromatic rings. The van der Waals surface area contributed by atoms with Crippen LogP contribution in [0.1, 0.15) is 27.2 Å². The van der Waals surface area contributed by atoms with Crippen LogP contribution in [0.25, 0.3) is 0 Å². The van der Waals surface area contributed by atoms with E-state index in [4.69, 9.17) is 0 Å². The zero-order valence-corrected chi connectivity index (χ0v) is 11.3. The maximum Gasteiger partial charge on any atom is 0.329 e. The van der Waals surface area contributed by atoms with Crippen LogP contribution in [0.15, 0.2) is 0 Å². The number of carbonyl (C=O) groups excluding carboxylic acids is 2. The van der Waals surface area contributed by atoms with Gasteiger partial charge in [0.1, 0.15) is 6.04 Å². The molecule has 0 bridgehead atoms. The van der Waals surface area contributed by atoms with E-state index < -0.39 is 12.0 Å². The highest BCUT2D eigenvalue weighted by Crippen LogP contribution is 2.40. The van der Waals surface area contributed by atoms with Crippen molar-refractivity contribution in [1.82, 2.24) is 10.6 Å². The van der Waals surface area contributed by atoms with Crippen molar-refractivity contribution >= 4 is 11.9 Å². The highest BCUT2D eigenvalue weighted by Gasteiger charge is 2.47. The average molecular weight is 258 g/mol. The number of amides is 1. The van der Waals surface area contributed by atoms with Gasteiger partial charge in [-0.3, -0.25) is 4.79 Å². The molecule has 3 N–H and O–H groups in total. The summed E-state index contributed by atoms with van der Waals surface area (Å²) < 4.78 is 4.63. The number of methoxy groups -OCH3 is 1. The molecule has 18 heavy (non-hydrogen) atoms. The number of carbonyl (C=O) groups is 2. The Bertz CT molecular complexity index is 330. The minimum atomic E-state index is -0.693. The van der Waals surface area contributed by atoms with Crippen LogP contribution < -0.4 is 10.6 Å². The van der Waals surface area contributed by atoms with Crippen LogP contribution in [0, 0.1) is 5.41 Å². The summed E-state index contributed by atoms with van der Waals surface area (Å²) in [5.74, 6) is -0.754. The van der Waals surface area contributed by atoms with E-state index >= 15 is 0 Å². The molecule has 6 heteroatoms. The average Bonchev–Trinajstić information content (AvgIpc) is 2.30. The lowest BCUT2D eigenvalue weighted by Crippen LogP contribution is -2.62. The van der Waals surface area contributed by atoms with Gasteiger partial charge in [0.15, 0.2) is 0 Å². The number of hydrogen-bond donors (Lipinski definition) is 3. The Hall–Kier alpha value is -1.14. The fraction of sp³-hybridized carbons (Fsp3) is 0.833. The second-order valence-electron chi connectivity index (χ2n) is 5.31. The van der Waals surface area contributed by atoms with Crippen molar-refractivity contribution < 1.29 is 19.4 Å². The topological polar surface area (TPSA) is 87.7 Å². The van der Waals surface area contributed by atoms with Gasteiger partial charge in [0.25, 0.3) is 0 Å². The van der Waals surface area contributed by atoms with E-state index in [2.05, 4.69) is 15.4 Å². The first-order chi connectivity index (χ1) is 8.28. The maximum absolute atomic E-state index is 11.5. The number of nitrogens with one attached hydrogen (secondary N) is 2. The first-order valence-electron chi connectivity index (χ1n) is 6.05. The standard InChI is InChI=1S/C12H22N2O4/c1-7(15)14-8(11(17)18-4)6-13-9-5-10(16)12(9,2)3/h8-10,13,16H,5-6H2,1-4H3,(H,14,15). The summed E-state index contributed by atoms with van der Waals surface area (Å²) in [6.45, 7) is 5.58. The number of rotatable bonds is 5. The molecule has 3 unspecified atom stereocenters. The van der Waals surface area contributed by atoms with Gasteiger partial charge in [-0.2, -0.15) is 0 Å². The summed E-state index contributed by atoms with van der Waals surface area (Å²) in [6, 6.07) is -0.561. The molecule has 0 radical (unpaired) electrons. The SMILES string of the molecule is COC(=O)C(CNC1CC(O)C1(C)C)NC(C)=O. The van der Waals surface area contributed by atoms with E-state index in [0.29, 0.717) is 13.0 Å². The van der Waals surface area contributed by atoms with Gasteiger partial charge in [-0.05, 0) is 6.42 Å². The Labute approximate surface area is 107 Å². The number of esters is 1. The number of ether oxygens (including phenoxy) is 1. The molecule has 0 aliphatic heterocycles. The molecular weight excluding hydrogens is 236 g/mol. The Kier molecular flexibility index (Phi) is 4.70. The monoisotopic (exact) mass is 258 g/mol. The summed E-state index contributed by atoms with van der Waals surface area (Å²) in [7, 11) is 1.29. The molecule has 0 heterocycles. The quantitative estimate of drug-likeness (QED) is 0.574. The van der Waals surface area contributed by atoms with Gasteiger partial charge in [0, 0.05) is 24.9 Å². The third-order valence-corrected chi connectivity index (χ3v) is 3.65. The fourth-order valence-corrected chi connectivity index (χ4v) is 2.09. The molecule has 0 aromatic heterocycles. The molecular formula is C12H22N2O4. The van der Waals surface area contributed by atoms with Gasteiger partial charge in [-0.15, -0.1) is 0 Å². The van der Waals surface area contributed by atoms with E-state index in [-0.39, 0.29) is 23.5 Å². The van der Waals surface area contributed by atoms with Crippen molar-refractivity contribution in [3.63, 3.8) is 0 Å². The normalized spacial score (nSPS) is 26.9. The van der Waals surface area contributed by atoms with Crippen molar-refractivity contribution in [2.45, 2.75) is 45.4 Å². The highest BCUT2D eigenvalue weighted by molar-refractivity contribution is 5.83. The first-order valence-corrected chi connectivity index (χ1v) is 6.05. The molecule has 6 nitrogen and oxygen atoms in total. The van der Waals surface area contributed by atoms with Crippen molar-refractivity contribution in [3.05, 3.63) is 0 Å². The Morgan fingerprint density at radius 3 is 2.50 bits per heavy atom. The number of hydrogen-bond acceptors (Lipinski definition) is 5. The van der Waals surface area contributed by atoms with Crippen molar-refractivity contribution in [3.8, 4) is 0 Å². The molecule has 0 spiro atoms. The smallest absolute Gasteiger partial charge is 0.329 e. The summed E-state index contributed by atoms with van der Waals surface area (Å²) in [5.41, 5.74) is -0.211. The van der Waals surface area contributed by atoms with Gasteiger partial charge in [0.05, 0.1) is 13.2 Å². The van der Waals surface area contributed by atoms with Gasteiger partial charge >= 0.3 is 5.97 Å². The van der Waals surface area contributed by atoms with Crippen LogP contribution in [-0.4, -0.2) is 48.8 Å². The Morgan fingerprint density at radius 1 is 1.50 bits per heavy atom. The summed E-state index contributed by atoms with van der Waals surface area (Å²) in [4.78, 5) is 22.5. The molecule has 1 rings (SSSR count). The molecule has 104 valence electrons. The maximum atomic E-state index is 11.5. The molecule has 1 aliphatic carbocycles. The number of aliphatic hydroxyl groups is 1. The second kappa shape index (κ2) is 5.67. The van der Waals surface area contributed by atoms with Crippen LogP contribution in [0.4, 0.5) is 0 Å². The molecule has 0 saturated heterocycles. The minimum Gasteiger partial charge on any atom is -0.467 e. The van der Waals surface area contributed by atoms with Crippen LogP contribution in [0.2, 0.25) is 0 Å². The number of aliphatic hydroxyl groups excluding tert-OH is 1. The van der Waals surface area contributed by atoms with Crippen LogP contribution in [-0.2, 0) is 14.3 Å². The summed E-state index contributed by atoms with van der Waals surface area (Å²) >= 11 is 0. The van der Waals surface area contributed by atoms with Crippen LogP contribution >= 0.6 is 0 Å². The van der Waals surface area contributed by atoms with Crippen LogP contribution in [0.5, 0.6) is 0 Å². The second-order valence-corrected chi connectivity index (χ2v) is 5.31. The van der Waals surface area contributed by atoms with Crippen molar-refractivity contribution in [1.29, 1.82) is 0 Å². The molecule has 3 atom stereocenters. The molecule has 0 aromatic carbocycles. The van der Waals surface area contributed by atoms with Crippen LogP contribution in [0.3, 0.4) is 0 Å². The van der Waals surface area contributed by atoms with Crippen molar-refractivity contribution in [2.75, 3.05) is 13.7 Å². The predicted octanol–water partition coefficient (Wildman–Crippen LogP) is -0.587. The minimum absolute atomic E-state index is 0.133. The van der Waals surface area contributed by atoms with E-state index in [1.807, 2.05) is 13.8 Å². The van der Waals surface area contributed by atoms with E-state index in [1.54, 1.807) is 0 Å². The third kappa shape index (κ3) is 3.20. The zero-order chi connectivity index (χ0) is 13.9. The van der Waals surface area contributed by atoms with E-state index in [0.717, 1.165) is 0 Å². The molecule has 1 fully saturated rings. The first kappa shape index (κ1) is 14.9. The molecule has 1 aliphatic rings. The lowest BCUT2D eigenvalue weighted by atomic mass is 9.64. The van der Waals surface area contributed by atoms with Gasteiger partial charge in [-0.1, -0.05) is 13.8 Å². The predicted molar refractivity (Wildman–Crippen MR) is 65.8 cm³/mol. The molecule has 1 saturated carbocycles. The lowest BCUT2D eigenvalue weighted by molar-refractivity contribution is -0.145. The fourth-order valence-electron chi connectivity index (χ4n) is 2.09. The summed E-state index contributed by atoms with van der Waals surface area (Å²) in [5, 5.41) is 15.3.